The number of carbonyl (C=O) groups is 1. The second-order valence-electron chi connectivity index (χ2n) is 5.80. The van der Waals surface area contributed by atoms with Crippen molar-refractivity contribution in [2.75, 3.05) is 5.73 Å². The molecule has 0 aliphatic carbocycles. The second kappa shape index (κ2) is 5.03. The monoisotopic (exact) mass is 308 g/mol. The van der Waals surface area contributed by atoms with Gasteiger partial charge in [0.25, 0.3) is 0 Å². The zero-order valence-corrected chi connectivity index (χ0v) is 13.4. The molecule has 2 heterocycles. The molecule has 0 saturated heterocycles. The molecule has 23 heavy (non-hydrogen) atoms. The number of allylic oxidation sites excluding steroid dienone is 1. The third-order valence-electron chi connectivity index (χ3n) is 3.90. The number of esters is 1. The van der Waals surface area contributed by atoms with E-state index in [4.69, 9.17) is 14.9 Å². The molecule has 0 amide bonds. The van der Waals surface area contributed by atoms with Crippen molar-refractivity contribution in [3.8, 4) is 22.9 Å². The number of carbonyl (C=O) groups excluding carboxylic acids is 1. The van der Waals surface area contributed by atoms with Gasteiger partial charge in [0, 0.05) is 11.1 Å². The zero-order chi connectivity index (χ0) is 16.9. The summed E-state index contributed by atoms with van der Waals surface area (Å²) in [7, 11) is 0. The van der Waals surface area contributed by atoms with Crippen LogP contribution in [0.2, 0.25) is 0 Å². The third-order valence-corrected chi connectivity index (χ3v) is 3.90. The van der Waals surface area contributed by atoms with Gasteiger partial charge in [-0.15, -0.1) is 0 Å². The average molecular weight is 308 g/mol. The van der Waals surface area contributed by atoms with Gasteiger partial charge in [0.1, 0.15) is 23.2 Å². The molecule has 5 heteroatoms. The highest BCUT2D eigenvalue weighted by Gasteiger charge is 2.35. The van der Waals surface area contributed by atoms with Crippen molar-refractivity contribution in [3.63, 3.8) is 0 Å². The van der Waals surface area contributed by atoms with E-state index >= 15 is 0 Å². The molecule has 0 unspecified atom stereocenters. The van der Waals surface area contributed by atoms with Crippen molar-refractivity contribution in [2.45, 2.75) is 27.7 Å². The lowest BCUT2D eigenvalue weighted by Crippen LogP contribution is -2.02. The number of ether oxygens (including phenoxy) is 1. The Morgan fingerprint density at radius 1 is 1.22 bits per heavy atom. The molecule has 0 bridgehead atoms. The molecule has 2 N–H and O–H groups in total. The van der Waals surface area contributed by atoms with E-state index in [2.05, 4.69) is 0 Å². The van der Waals surface area contributed by atoms with Gasteiger partial charge in [-0.3, -0.25) is 0 Å². The standard InChI is InChI=1S/C18H16N2O3/c1-8(2)15-16-12(11-5-9(3)22-10(11)4)6-14(20)13(7-19)17(16)23-18(15)21/h5-6H,20H2,1-4H3. The molecule has 116 valence electrons. The maximum Gasteiger partial charge on any atom is 0.344 e. The van der Waals surface area contributed by atoms with Gasteiger partial charge >= 0.3 is 5.97 Å². The minimum Gasteiger partial charge on any atom is -0.466 e. The Morgan fingerprint density at radius 2 is 1.91 bits per heavy atom. The number of fused-ring (bicyclic) bond motifs is 1. The minimum absolute atomic E-state index is 0.186. The van der Waals surface area contributed by atoms with Gasteiger partial charge in [-0.05, 0) is 45.4 Å². The highest BCUT2D eigenvalue weighted by molar-refractivity contribution is 6.25. The van der Waals surface area contributed by atoms with Crippen LogP contribution in [0.1, 0.15) is 36.5 Å². The van der Waals surface area contributed by atoms with Crippen LogP contribution in [0.3, 0.4) is 0 Å². The summed E-state index contributed by atoms with van der Waals surface area (Å²) in [5.74, 6) is 1.27. The summed E-state index contributed by atoms with van der Waals surface area (Å²) in [5, 5.41) is 9.36. The van der Waals surface area contributed by atoms with Gasteiger partial charge in [0.15, 0.2) is 5.75 Å². The van der Waals surface area contributed by atoms with Crippen LogP contribution < -0.4 is 10.5 Å². The predicted octanol–water partition coefficient (Wildman–Crippen LogP) is 3.73. The number of nitriles is 1. The number of anilines is 1. The number of nitrogen functional groups attached to an aromatic ring is 1. The Balaban J connectivity index is 2.45. The van der Waals surface area contributed by atoms with Gasteiger partial charge in [0.2, 0.25) is 0 Å². The summed E-state index contributed by atoms with van der Waals surface area (Å²) >= 11 is 0. The van der Waals surface area contributed by atoms with Crippen LogP contribution in [0.4, 0.5) is 5.69 Å². The second-order valence-corrected chi connectivity index (χ2v) is 5.80. The Labute approximate surface area is 134 Å². The van der Waals surface area contributed by atoms with Gasteiger partial charge in [-0.1, -0.05) is 5.57 Å². The summed E-state index contributed by atoms with van der Waals surface area (Å²) in [5.41, 5.74) is 9.97. The van der Waals surface area contributed by atoms with Crippen LogP contribution in [0, 0.1) is 25.2 Å². The summed E-state index contributed by atoms with van der Waals surface area (Å²) in [6, 6.07) is 5.62. The van der Waals surface area contributed by atoms with E-state index in [1.54, 1.807) is 6.07 Å². The van der Waals surface area contributed by atoms with E-state index in [0.717, 1.165) is 28.2 Å². The number of furan rings is 1. The predicted molar refractivity (Wildman–Crippen MR) is 86.6 cm³/mol. The van der Waals surface area contributed by atoms with Crippen molar-refractivity contribution >= 4 is 17.2 Å². The number of nitrogens with zero attached hydrogens (tertiary/aromatic N) is 1. The van der Waals surface area contributed by atoms with Crippen LogP contribution in [-0.4, -0.2) is 5.97 Å². The molecule has 0 fully saturated rings. The Bertz CT molecular complexity index is 923. The highest BCUT2D eigenvalue weighted by Crippen LogP contribution is 2.47. The number of nitrogens with two attached hydrogens (primary N) is 1. The third kappa shape index (κ3) is 2.11. The molecule has 0 saturated carbocycles. The normalized spacial score (nSPS) is 12.8. The molecule has 1 aliphatic heterocycles. The molecule has 1 aromatic heterocycles. The lowest BCUT2D eigenvalue weighted by atomic mass is 9.90. The van der Waals surface area contributed by atoms with Crippen LogP contribution in [0.5, 0.6) is 5.75 Å². The van der Waals surface area contributed by atoms with Gasteiger partial charge < -0.3 is 14.9 Å². The largest absolute Gasteiger partial charge is 0.466 e. The quantitative estimate of drug-likeness (QED) is 0.375. The van der Waals surface area contributed by atoms with E-state index in [0.29, 0.717) is 11.1 Å². The van der Waals surface area contributed by atoms with Crippen LogP contribution in [-0.2, 0) is 4.79 Å². The fourth-order valence-electron chi connectivity index (χ4n) is 2.95. The number of hydrogen-bond donors (Lipinski definition) is 1. The van der Waals surface area contributed by atoms with E-state index in [-0.39, 0.29) is 17.0 Å². The van der Waals surface area contributed by atoms with E-state index in [1.807, 2.05) is 39.8 Å². The fraction of sp³-hybridized carbons (Fsp3) is 0.222. The Hall–Kier alpha value is -3.00. The van der Waals surface area contributed by atoms with Crippen LogP contribution in [0.25, 0.3) is 16.7 Å². The first-order valence-electron chi connectivity index (χ1n) is 7.19. The first-order valence-corrected chi connectivity index (χ1v) is 7.19. The molecule has 3 rings (SSSR count). The Kier molecular flexibility index (Phi) is 3.26. The van der Waals surface area contributed by atoms with Crippen molar-refractivity contribution < 1.29 is 13.9 Å². The summed E-state index contributed by atoms with van der Waals surface area (Å²) in [6.07, 6.45) is 0. The van der Waals surface area contributed by atoms with Crippen LogP contribution >= 0.6 is 0 Å². The molecular weight excluding hydrogens is 292 g/mol. The Morgan fingerprint density at radius 3 is 2.43 bits per heavy atom. The first kappa shape index (κ1) is 14.9. The van der Waals surface area contributed by atoms with E-state index in [9.17, 15) is 10.1 Å². The maximum absolute atomic E-state index is 12.3. The summed E-state index contributed by atoms with van der Waals surface area (Å²) in [6.45, 7) is 7.38. The number of aryl methyl sites for hydroxylation is 2. The van der Waals surface area contributed by atoms with E-state index in [1.165, 1.54) is 0 Å². The van der Waals surface area contributed by atoms with Gasteiger partial charge in [-0.2, -0.15) is 5.26 Å². The molecule has 1 aromatic carbocycles. The number of hydrogen-bond acceptors (Lipinski definition) is 5. The SMILES string of the molecule is CC(C)=C1C(=O)Oc2c(C#N)c(N)cc(-c3cc(C)oc3C)c21. The summed E-state index contributed by atoms with van der Waals surface area (Å²) in [4.78, 5) is 12.3. The van der Waals surface area contributed by atoms with Gasteiger partial charge in [-0.25, -0.2) is 4.79 Å². The smallest absolute Gasteiger partial charge is 0.344 e. The molecule has 2 aromatic rings. The fourth-order valence-corrected chi connectivity index (χ4v) is 2.95. The van der Waals surface area contributed by atoms with Crippen molar-refractivity contribution in [2.24, 2.45) is 0 Å². The average Bonchev–Trinajstić information content (AvgIpc) is 2.97. The molecule has 5 nitrogen and oxygen atoms in total. The maximum atomic E-state index is 12.3. The number of benzene rings is 1. The molecule has 0 atom stereocenters. The highest BCUT2D eigenvalue weighted by atomic mass is 16.5. The zero-order valence-electron chi connectivity index (χ0n) is 13.4. The lowest BCUT2D eigenvalue weighted by molar-refractivity contribution is -0.127. The first-order chi connectivity index (χ1) is 10.8. The van der Waals surface area contributed by atoms with Crippen LogP contribution in [0.15, 0.2) is 22.1 Å². The van der Waals surface area contributed by atoms with Crippen molar-refractivity contribution in [1.29, 1.82) is 5.26 Å². The lowest BCUT2D eigenvalue weighted by Gasteiger charge is -2.10. The summed E-state index contributed by atoms with van der Waals surface area (Å²) < 4.78 is 11.0. The molecule has 0 spiro atoms. The number of rotatable bonds is 1. The van der Waals surface area contributed by atoms with Crippen molar-refractivity contribution in [3.05, 3.63) is 40.4 Å². The molecule has 1 aliphatic rings. The minimum atomic E-state index is -0.457. The van der Waals surface area contributed by atoms with Crippen molar-refractivity contribution in [1.82, 2.24) is 0 Å². The van der Waals surface area contributed by atoms with E-state index < -0.39 is 5.97 Å². The topological polar surface area (TPSA) is 89.2 Å². The molecule has 0 radical (unpaired) electrons. The van der Waals surface area contributed by atoms with Gasteiger partial charge in [0.05, 0.1) is 11.3 Å². The molecular formula is C18H16N2O3.